The molecule has 2 aromatic rings. The fourth-order valence-corrected chi connectivity index (χ4v) is 4.03. The fraction of sp³-hybridized carbons (Fsp3) is 0.333. The topological polar surface area (TPSA) is 40.5 Å². The average molecular weight is 266 g/mol. The van der Waals surface area contributed by atoms with Crippen LogP contribution in [0.25, 0.3) is 0 Å². The minimum Gasteiger partial charge on any atom is -0.508 e. The Morgan fingerprint density at radius 2 is 1.25 bits per heavy atom. The van der Waals surface area contributed by atoms with Crippen molar-refractivity contribution in [2.75, 3.05) is 0 Å². The van der Waals surface area contributed by atoms with E-state index in [-0.39, 0.29) is 5.41 Å². The Bertz CT molecular complexity index is 690. The van der Waals surface area contributed by atoms with Crippen molar-refractivity contribution in [3.63, 3.8) is 0 Å². The Balaban J connectivity index is 1.69. The summed E-state index contributed by atoms with van der Waals surface area (Å²) in [6.07, 6.45) is 5.46. The summed E-state index contributed by atoms with van der Waals surface area (Å²) in [5.74, 6) is 0.739. The SMILES string of the molecule is Oc1ccc2c(c1)CC1(CC2)Cc2ccc(O)cc2C1. The molecule has 0 aliphatic heterocycles. The van der Waals surface area contributed by atoms with Gasteiger partial charge in [0.15, 0.2) is 0 Å². The fourth-order valence-electron chi connectivity index (χ4n) is 4.03. The summed E-state index contributed by atoms with van der Waals surface area (Å²) in [6.45, 7) is 0. The molecule has 1 spiro atoms. The van der Waals surface area contributed by atoms with Crippen molar-refractivity contribution in [1.82, 2.24) is 0 Å². The van der Waals surface area contributed by atoms with Crippen LogP contribution in [0.3, 0.4) is 0 Å². The summed E-state index contributed by atoms with van der Waals surface area (Å²) >= 11 is 0. The monoisotopic (exact) mass is 266 g/mol. The summed E-state index contributed by atoms with van der Waals surface area (Å²) in [6, 6.07) is 11.6. The highest BCUT2D eigenvalue weighted by Gasteiger charge is 2.39. The number of benzene rings is 2. The Kier molecular flexibility index (Phi) is 2.38. The number of hydrogen-bond donors (Lipinski definition) is 2. The lowest BCUT2D eigenvalue weighted by atomic mass is 9.70. The van der Waals surface area contributed by atoms with Crippen LogP contribution < -0.4 is 0 Å². The van der Waals surface area contributed by atoms with Crippen LogP contribution in [0.5, 0.6) is 11.5 Å². The van der Waals surface area contributed by atoms with E-state index in [0.717, 1.165) is 25.7 Å². The molecule has 1 unspecified atom stereocenters. The van der Waals surface area contributed by atoms with Crippen LogP contribution in [0.4, 0.5) is 0 Å². The number of rotatable bonds is 0. The van der Waals surface area contributed by atoms with Crippen LogP contribution in [-0.2, 0) is 25.7 Å². The molecule has 2 nitrogen and oxygen atoms in total. The van der Waals surface area contributed by atoms with Crippen LogP contribution in [-0.4, -0.2) is 10.2 Å². The van der Waals surface area contributed by atoms with Gasteiger partial charge in [0.1, 0.15) is 11.5 Å². The van der Waals surface area contributed by atoms with Crippen molar-refractivity contribution in [1.29, 1.82) is 0 Å². The van der Waals surface area contributed by atoms with Gasteiger partial charge >= 0.3 is 0 Å². The first kappa shape index (κ1) is 11.8. The molecule has 2 N–H and O–H groups in total. The number of phenolic OH excluding ortho intramolecular Hbond substituents is 2. The van der Waals surface area contributed by atoms with Crippen LogP contribution in [0.1, 0.15) is 28.7 Å². The average Bonchev–Trinajstić information content (AvgIpc) is 2.75. The molecule has 2 aromatic carbocycles. The Labute approximate surface area is 118 Å². The largest absolute Gasteiger partial charge is 0.508 e. The van der Waals surface area contributed by atoms with E-state index >= 15 is 0 Å². The maximum Gasteiger partial charge on any atom is 0.115 e. The number of fused-ring (bicyclic) bond motifs is 2. The van der Waals surface area contributed by atoms with Gasteiger partial charge in [0.05, 0.1) is 0 Å². The van der Waals surface area contributed by atoms with Crippen molar-refractivity contribution in [3.8, 4) is 11.5 Å². The summed E-state index contributed by atoms with van der Waals surface area (Å²) in [7, 11) is 0. The van der Waals surface area contributed by atoms with Crippen molar-refractivity contribution in [3.05, 3.63) is 58.7 Å². The normalized spacial score (nSPS) is 23.6. The van der Waals surface area contributed by atoms with E-state index in [1.165, 1.54) is 28.7 Å². The molecule has 1 atom stereocenters. The first-order valence-electron chi connectivity index (χ1n) is 7.25. The van der Waals surface area contributed by atoms with Gasteiger partial charge in [-0.25, -0.2) is 0 Å². The predicted molar refractivity (Wildman–Crippen MR) is 78.1 cm³/mol. The Morgan fingerprint density at radius 3 is 1.95 bits per heavy atom. The number of aromatic hydroxyl groups is 2. The minimum atomic E-state index is 0.289. The second-order valence-electron chi connectivity index (χ2n) is 6.44. The zero-order chi connectivity index (χ0) is 13.7. The maximum atomic E-state index is 9.70. The van der Waals surface area contributed by atoms with Crippen molar-refractivity contribution in [2.24, 2.45) is 5.41 Å². The zero-order valence-corrected chi connectivity index (χ0v) is 11.4. The third-order valence-electron chi connectivity index (χ3n) is 5.00. The quantitative estimate of drug-likeness (QED) is 0.767. The highest BCUT2D eigenvalue weighted by molar-refractivity contribution is 5.43. The third kappa shape index (κ3) is 1.79. The standard InChI is InChI=1S/C18H18O2/c19-16-3-1-12-5-6-18(10-14(12)7-16)9-13-2-4-17(20)8-15(13)11-18/h1-4,7-8,19-20H,5-6,9-11H2. The van der Waals surface area contributed by atoms with Gasteiger partial charge in [-0.3, -0.25) is 0 Å². The molecule has 0 amide bonds. The van der Waals surface area contributed by atoms with Crippen molar-refractivity contribution in [2.45, 2.75) is 32.1 Å². The number of phenols is 2. The van der Waals surface area contributed by atoms with Crippen molar-refractivity contribution >= 4 is 0 Å². The van der Waals surface area contributed by atoms with E-state index in [9.17, 15) is 10.2 Å². The van der Waals surface area contributed by atoms with Gasteiger partial charge in [0, 0.05) is 0 Å². The van der Waals surface area contributed by atoms with Gasteiger partial charge in [-0.2, -0.15) is 0 Å². The minimum absolute atomic E-state index is 0.289. The molecule has 0 saturated heterocycles. The molecule has 2 aliphatic rings. The van der Waals surface area contributed by atoms with Gasteiger partial charge in [0.25, 0.3) is 0 Å². The van der Waals surface area contributed by atoms with Crippen LogP contribution in [0.15, 0.2) is 36.4 Å². The molecule has 0 fully saturated rings. The second-order valence-corrected chi connectivity index (χ2v) is 6.44. The summed E-state index contributed by atoms with van der Waals surface area (Å²) < 4.78 is 0. The van der Waals surface area contributed by atoms with E-state index in [1.54, 1.807) is 12.1 Å². The van der Waals surface area contributed by atoms with Crippen LogP contribution in [0.2, 0.25) is 0 Å². The van der Waals surface area contributed by atoms with Crippen molar-refractivity contribution < 1.29 is 10.2 Å². The van der Waals surface area contributed by atoms with Crippen LogP contribution >= 0.6 is 0 Å². The molecule has 0 bridgehead atoms. The van der Waals surface area contributed by atoms with Gasteiger partial charge in [-0.1, -0.05) is 12.1 Å². The molecule has 2 heteroatoms. The molecule has 2 aliphatic carbocycles. The molecule has 102 valence electrons. The molecule has 0 aromatic heterocycles. The molecular formula is C18H18O2. The Hall–Kier alpha value is -1.96. The summed E-state index contributed by atoms with van der Waals surface area (Å²) in [4.78, 5) is 0. The summed E-state index contributed by atoms with van der Waals surface area (Å²) in [5.41, 5.74) is 5.65. The van der Waals surface area contributed by atoms with Gasteiger partial charge in [0.2, 0.25) is 0 Å². The lowest BCUT2D eigenvalue weighted by molar-refractivity contribution is 0.261. The highest BCUT2D eigenvalue weighted by Crippen LogP contribution is 2.47. The molecular weight excluding hydrogens is 248 g/mol. The van der Waals surface area contributed by atoms with Gasteiger partial charge in [-0.05, 0) is 84.0 Å². The number of hydrogen-bond acceptors (Lipinski definition) is 2. The van der Waals surface area contributed by atoms with Gasteiger partial charge in [-0.15, -0.1) is 0 Å². The van der Waals surface area contributed by atoms with Gasteiger partial charge < -0.3 is 10.2 Å². The summed E-state index contributed by atoms with van der Waals surface area (Å²) in [5, 5.41) is 19.3. The predicted octanol–water partition coefficient (Wildman–Crippen LogP) is 3.37. The molecule has 0 saturated carbocycles. The smallest absolute Gasteiger partial charge is 0.115 e. The first-order chi connectivity index (χ1) is 9.63. The Morgan fingerprint density at radius 1 is 0.700 bits per heavy atom. The van der Waals surface area contributed by atoms with E-state index in [2.05, 4.69) is 12.1 Å². The first-order valence-corrected chi connectivity index (χ1v) is 7.25. The van der Waals surface area contributed by atoms with E-state index in [1.807, 2.05) is 12.1 Å². The second kappa shape index (κ2) is 4.02. The maximum absolute atomic E-state index is 9.70. The molecule has 4 rings (SSSR count). The molecule has 0 heterocycles. The third-order valence-corrected chi connectivity index (χ3v) is 5.00. The lowest BCUT2D eigenvalue weighted by Crippen LogP contribution is -2.29. The van der Waals surface area contributed by atoms with E-state index < -0.39 is 0 Å². The zero-order valence-electron chi connectivity index (χ0n) is 11.4. The lowest BCUT2D eigenvalue weighted by Gasteiger charge is -2.34. The number of aryl methyl sites for hydroxylation is 1. The van der Waals surface area contributed by atoms with E-state index in [4.69, 9.17) is 0 Å². The van der Waals surface area contributed by atoms with E-state index in [0.29, 0.717) is 11.5 Å². The molecule has 0 radical (unpaired) electrons. The van der Waals surface area contributed by atoms with Crippen LogP contribution in [0, 0.1) is 5.41 Å². The molecule has 20 heavy (non-hydrogen) atoms. The highest BCUT2D eigenvalue weighted by atomic mass is 16.3.